The summed E-state index contributed by atoms with van der Waals surface area (Å²) in [6, 6.07) is 12.5. The van der Waals surface area contributed by atoms with Gasteiger partial charge in [-0.1, -0.05) is 29.8 Å². The van der Waals surface area contributed by atoms with Crippen LogP contribution in [-0.2, 0) is 5.75 Å². The lowest BCUT2D eigenvalue weighted by molar-refractivity contribution is -0.0512. The topological polar surface area (TPSA) is 47.6 Å². The van der Waals surface area contributed by atoms with Gasteiger partial charge in [0, 0.05) is 23.6 Å². The van der Waals surface area contributed by atoms with Crippen LogP contribution in [0.2, 0.25) is 0 Å². The molecule has 4 nitrogen and oxygen atoms in total. The summed E-state index contributed by atoms with van der Waals surface area (Å²) in [5.74, 6) is 1.25. The van der Waals surface area contributed by atoms with Crippen molar-refractivity contribution in [1.82, 2.24) is 5.32 Å². The third-order valence-electron chi connectivity index (χ3n) is 3.56. The summed E-state index contributed by atoms with van der Waals surface area (Å²) in [5, 5.41) is 2.77. The van der Waals surface area contributed by atoms with Crippen molar-refractivity contribution >= 4 is 17.7 Å². The van der Waals surface area contributed by atoms with E-state index in [-0.39, 0.29) is 23.0 Å². The summed E-state index contributed by atoms with van der Waals surface area (Å²) in [6.45, 7) is -0.462. The number of alkyl halides is 2. The predicted molar refractivity (Wildman–Crippen MR) is 99.3 cm³/mol. The summed E-state index contributed by atoms with van der Waals surface area (Å²) in [4.78, 5) is 12.1. The van der Waals surface area contributed by atoms with Crippen molar-refractivity contribution in [3.8, 4) is 11.5 Å². The molecule has 0 aliphatic carbocycles. The van der Waals surface area contributed by atoms with Crippen molar-refractivity contribution in [3.63, 3.8) is 0 Å². The Morgan fingerprint density at radius 3 is 2.54 bits per heavy atom. The number of benzene rings is 2. The van der Waals surface area contributed by atoms with Gasteiger partial charge in [-0.3, -0.25) is 4.79 Å². The van der Waals surface area contributed by atoms with Gasteiger partial charge in [0.1, 0.15) is 0 Å². The predicted octanol–water partition coefficient (Wildman–Crippen LogP) is 4.27. The van der Waals surface area contributed by atoms with Crippen LogP contribution in [0, 0.1) is 6.92 Å². The minimum atomic E-state index is -2.99. The minimum absolute atomic E-state index is 0.149. The molecule has 0 fully saturated rings. The van der Waals surface area contributed by atoms with Crippen LogP contribution in [0.25, 0.3) is 0 Å². The number of rotatable bonds is 9. The summed E-state index contributed by atoms with van der Waals surface area (Å²) in [5.41, 5.74) is 2.70. The fraction of sp³-hybridized carbons (Fsp3) is 0.316. The maximum absolute atomic E-state index is 12.4. The van der Waals surface area contributed by atoms with Crippen molar-refractivity contribution in [3.05, 3.63) is 59.2 Å². The minimum Gasteiger partial charge on any atom is -0.493 e. The first-order chi connectivity index (χ1) is 12.5. The van der Waals surface area contributed by atoms with E-state index in [1.165, 1.54) is 36.4 Å². The maximum atomic E-state index is 12.4. The molecule has 0 aliphatic rings. The van der Waals surface area contributed by atoms with Crippen LogP contribution in [0.3, 0.4) is 0 Å². The molecule has 0 bridgehead atoms. The van der Waals surface area contributed by atoms with Crippen molar-refractivity contribution < 1.29 is 23.0 Å². The van der Waals surface area contributed by atoms with E-state index in [0.717, 1.165) is 11.5 Å². The highest BCUT2D eigenvalue weighted by Gasteiger charge is 2.14. The average molecular weight is 381 g/mol. The Morgan fingerprint density at radius 2 is 1.88 bits per heavy atom. The molecule has 26 heavy (non-hydrogen) atoms. The van der Waals surface area contributed by atoms with Crippen LogP contribution < -0.4 is 14.8 Å². The second-order valence-corrected chi connectivity index (χ2v) is 6.64. The van der Waals surface area contributed by atoms with E-state index in [4.69, 9.17) is 4.74 Å². The van der Waals surface area contributed by atoms with Crippen LogP contribution in [0.15, 0.2) is 42.5 Å². The Morgan fingerprint density at radius 1 is 1.15 bits per heavy atom. The van der Waals surface area contributed by atoms with Gasteiger partial charge in [0.15, 0.2) is 11.5 Å². The molecule has 0 saturated carbocycles. The molecule has 0 saturated heterocycles. The van der Waals surface area contributed by atoms with Gasteiger partial charge in [-0.05, 0) is 30.7 Å². The zero-order valence-corrected chi connectivity index (χ0v) is 15.4. The molecule has 140 valence electrons. The lowest BCUT2D eigenvalue weighted by Crippen LogP contribution is -2.25. The number of carbonyl (C=O) groups excluding carboxylic acids is 1. The number of carbonyl (C=O) groups is 1. The van der Waals surface area contributed by atoms with Crippen molar-refractivity contribution in [2.45, 2.75) is 19.3 Å². The number of methoxy groups -OCH3 is 1. The Kier molecular flexibility index (Phi) is 7.72. The number of nitrogens with one attached hydrogen (secondary N) is 1. The van der Waals surface area contributed by atoms with Crippen molar-refractivity contribution in [2.24, 2.45) is 0 Å². The number of aryl methyl sites for hydroxylation is 1. The number of hydrogen-bond donors (Lipinski definition) is 1. The van der Waals surface area contributed by atoms with Crippen LogP contribution in [0.4, 0.5) is 8.78 Å². The number of amides is 1. The van der Waals surface area contributed by atoms with E-state index >= 15 is 0 Å². The molecule has 2 aromatic rings. The number of halogens is 2. The second-order valence-electron chi connectivity index (χ2n) is 5.54. The molecule has 0 heterocycles. The van der Waals surface area contributed by atoms with E-state index in [0.29, 0.717) is 6.54 Å². The monoisotopic (exact) mass is 381 g/mol. The molecule has 2 rings (SSSR count). The molecule has 0 aliphatic heterocycles. The standard InChI is InChI=1S/C19H21F2NO3S/c1-13-3-5-14(6-4-13)12-26-10-9-22-18(23)15-7-8-16(24-2)17(11-15)25-19(20)21/h3-8,11,19H,9-10,12H2,1-2H3,(H,22,23). The van der Waals surface area contributed by atoms with E-state index in [2.05, 4.69) is 34.3 Å². The summed E-state index contributed by atoms with van der Waals surface area (Å²) in [6.07, 6.45) is 0. The first-order valence-corrected chi connectivity index (χ1v) is 9.19. The Balaban J connectivity index is 1.80. The molecule has 0 unspecified atom stereocenters. The molecular weight excluding hydrogens is 360 g/mol. The third-order valence-corrected chi connectivity index (χ3v) is 4.59. The van der Waals surface area contributed by atoms with Crippen LogP contribution in [-0.4, -0.2) is 31.9 Å². The van der Waals surface area contributed by atoms with Crippen LogP contribution in [0.5, 0.6) is 11.5 Å². The van der Waals surface area contributed by atoms with Crippen LogP contribution in [0.1, 0.15) is 21.5 Å². The Hall–Kier alpha value is -2.28. The summed E-state index contributed by atoms with van der Waals surface area (Å²) >= 11 is 1.71. The molecule has 0 spiro atoms. The number of ether oxygens (including phenoxy) is 2. The molecule has 2 aromatic carbocycles. The molecule has 0 radical (unpaired) electrons. The molecule has 1 amide bonds. The van der Waals surface area contributed by atoms with Gasteiger partial charge >= 0.3 is 6.61 Å². The summed E-state index contributed by atoms with van der Waals surface area (Å²) < 4.78 is 34.2. The van der Waals surface area contributed by atoms with E-state index in [9.17, 15) is 13.6 Å². The fourth-order valence-electron chi connectivity index (χ4n) is 2.22. The quantitative estimate of drug-likeness (QED) is 0.659. The first-order valence-electron chi connectivity index (χ1n) is 8.04. The Bertz CT molecular complexity index is 723. The lowest BCUT2D eigenvalue weighted by atomic mass is 10.2. The second kappa shape index (κ2) is 10.0. The van der Waals surface area contributed by atoms with Crippen molar-refractivity contribution in [1.29, 1.82) is 0 Å². The molecule has 1 N–H and O–H groups in total. The van der Waals surface area contributed by atoms with Crippen molar-refractivity contribution in [2.75, 3.05) is 19.4 Å². The number of hydrogen-bond acceptors (Lipinski definition) is 4. The highest BCUT2D eigenvalue weighted by Crippen LogP contribution is 2.29. The van der Waals surface area contributed by atoms with E-state index < -0.39 is 6.61 Å². The van der Waals surface area contributed by atoms with Gasteiger partial charge in [0.05, 0.1) is 7.11 Å². The normalized spacial score (nSPS) is 10.7. The zero-order valence-electron chi connectivity index (χ0n) is 14.6. The number of thioether (sulfide) groups is 1. The highest BCUT2D eigenvalue weighted by atomic mass is 32.2. The van der Waals surface area contributed by atoms with Gasteiger partial charge in [0.2, 0.25) is 0 Å². The maximum Gasteiger partial charge on any atom is 0.387 e. The van der Waals surface area contributed by atoms with E-state index in [1.54, 1.807) is 11.8 Å². The SMILES string of the molecule is COc1ccc(C(=O)NCCSCc2ccc(C)cc2)cc1OC(F)F. The first kappa shape index (κ1) is 20.0. The van der Waals surface area contributed by atoms with Gasteiger partial charge in [-0.25, -0.2) is 0 Å². The zero-order chi connectivity index (χ0) is 18.9. The van der Waals surface area contributed by atoms with E-state index in [1.807, 2.05) is 6.92 Å². The van der Waals surface area contributed by atoms with Gasteiger partial charge < -0.3 is 14.8 Å². The summed E-state index contributed by atoms with van der Waals surface area (Å²) in [7, 11) is 1.35. The molecule has 0 aromatic heterocycles. The van der Waals surface area contributed by atoms with Crippen LogP contribution >= 0.6 is 11.8 Å². The smallest absolute Gasteiger partial charge is 0.387 e. The molecule has 0 atom stereocenters. The average Bonchev–Trinajstić information content (AvgIpc) is 2.62. The lowest BCUT2D eigenvalue weighted by Gasteiger charge is -2.11. The molecular formula is C19H21F2NO3S. The fourth-order valence-corrected chi connectivity index (χ4v) is 3.04. The highest BCUT2D eigenvalue weighted by molar-refractivity contribution is 7.98. The van der Waals surface area contributed by atoms with Gasteiger partial charge in [-0.2, -0.15) is 20.5 Å². The third kappa shape index (κ3) is 6.22. The molecule has 7 heteroatoms. The largest absolute Gasteiger partial charge is 0.493 e. The van der Waals surface area contributed by atoms with Gasteiger partial charge in [-0.15, -0.1) is 0 Å². The Labute approximate surface area is 155 Å². The van der Waals surface area contributed by atoms with Gasteiger partial charge in [0.25, 0.3) is 5.91 Å².